The Kier molecular flexibility index (Phi) is 4.29. The van der Waals surface area contributed by atoms with Crippen LogP contribution in [0.25, 0.3) is 0 Å². The first kappa shape index (κ1) is 13.3. The van der Waals surface area contributed by atoms with Crippen LogP contribution in [0.4, 0.5) is 15.4 Å². The summed E-state index contributed by atoms with van der Waals surface area (Å²) in [5, 5.41) is 4.72. The third-order valence-corrected chi connectivity index (χ3v) is 3.12. The molecule has 1 aliphatic heterocycles. The van der Waals surface area contributed by atoms with Gasteiger partial charge in [0, 0.05) is 25.5 Å². The minimum atomic E-state index is -0.466. The molecule has 1 aromatic heterocycles. The van der Waals surface area contributed by atoms with Crippen LogP contribution in [0.15, 0.2) is 18.6 Å². The zero-order valence-electron chi connectivity index (χ0n) is 9.83. The number of hydrogen-bond donors (Lipinski definition) is 2. The summed E-state index contributed by atoms with van der Waals surface area (Å²) in [5.74, 6) is 0.264. The molecule has 0 spiro atoms. The third kappa shape index (κ3) is 3.65. The van der Waals surface area contributed by atoms with Crippen molar-refractivity contribution >= 4 is 34.8 Å². The number of carbonyl (C=O) groups excluding carboxylic acids is 3. The van der Waals surface area contributed by atoms with Crippen molar-refractivity contribution in [1.82, 2.24) is 20.2 Å². The van der Waals surface area contributed by atoms with E-state index in [-0.39, 0.29) is 30.0 Å². The van der Waals surface area contributed by atoms with Crippen LogP contribution in [0.2, 0.25) is 0 Å². The number of carbonyl (C=O) groups is 3. The topological polar surface area (TPSA) is 104 Å². The molecule has 2 rings (SSSR count). The molecule has 2 heterocycles. The number of imide groups is 1. The molecule has 1 fully saturated rings. The van der Waals surface area contributed by atoms with Gasteiger partial charge < -0.3 is 5.32 Å². The smallest absolute Gasteiger partial charge is 0.320 e. The van der Waals surface area contributed by atoms with Gasteiger partial charge in [-0.2, -0.15) is 0 Å². The summed E-state index contributed by atoms with van der Waals surface area (Å²) in [6, 6.07) is -0.466. The Balaban J connectivity index is 1.72. The molecule has 0 aliphatic carbocycles. The number of hydrogen-bond acceptors (Lipinski definition) is 6. The number of nitrogens with zero attached hydrogens (tertiary/aromatic N) is 3. The third-order valence-electron chi connectivity index (χ3n) is 2.27. The van der Waals surface area contributed by atoms with Crippen molar-refractivity contribution in [2.75, 3.05) is 24.2 Å². The van der Waals surface area contributed by atoms with Gasteiger partial charge in [0.2, 0.25) is 5.91 Å². The van der Waals surface area contributed by atoms with Crippen LogP contribution < -0.4 is 10.6 Å². The highest BCUT2D eigenvalue weighted by Gasteiger charge is 2.29. The number of urea groups is 1. The maximum absolute atomic E-state index is 11.5. The van der Waals surface area contributed by atoms with Crippen LogP contribution in [-0.4, -0.2) is 50.9 Å². The molecule has 0 unspecified atom stereocenters. The molecule has 0 saturated carbocycles. The molecule has 1 saturated heterocycles. The quantitative estimate of drug-likeness (QED) is 0.822. The predicted octanol–water partition coefficient (Wildman–Crippen LogP) is 0.293. The second-order valence-corrected chi connectivity index (χ2v) is 4.50. The van der Waals surface area contributed by atoms with E-state index in [4.69, 9.17) is 0 Å². The Morgan fingerprint density at radius 3 is 2.89 bits per heavy atom. The number of amides is 4. The lowest BCUT2D eigenvalue weighted by atomic mass is 10.5. The summed E-state index contributed by atoms with van der Waals surface area (Å²) in [6.07, 6.45) is 4.35. The van der Waals surface area contributed by atoms with E-state index in [0.717, 1.165) is 16.7 Å². The molecular weight excluding hydrogens is 270 g/mol. The standard InChI is InChI=1S/C10H11N5O3S/c16-8-6-19-10(18)15(8)4-3-13-9(17)14-7-5-11-1-2-12-7/h1-2,5H,3-4,6H2,(H2,12,13,14,17). The lowest BCUT2D eigenvalue weighted by molar-refractivity contribution is -0.124. The first-order valence-corrected chi connectivity index (χ1v) is 6.43. The summed E-state index contributed by atoms with van der Waals surface area (Å²) >= 11 is 0.966. The average molecular weight is 281 g/mol. The number of aromatic nitrogens is 2. The van der Waals surface area contributed by atoms with Gasteiger partial charge in [0.25, 0.3) is 5.24 Å². The Labute approximate surface area is 113 Å². The van der Waals surface area contributed by atoms with Crippen LogP contribution in [0, 0.1) is 0 Å². The Bertz CT molecular complexity index is 479. The maximum atomic E-state index is 11.5. The molecule has 9 heteroatoms. The molecule has 0 bridgehead atoms. The highest BCUT2D eigenvalue weighted by molar-refractivity contribution is 8.14. The second kappa shape index (κ2) is 6.14. The van der Waals surface area contributed by atoms with Gasteiger partial charge in [-0.15, -0.1) is 0 Å². The number of thioether (sulfide) groups is 1. The fraction of sp³-hybridized carbons (Fsp3) is 0.300. The van der Waals surface area contributed by atoms with Gasteiger partial charge >= 0.3 is 6.03 Å². The summed E-state index contributed by atoms with van der Waals surface area (Å²) in [6.45, 7) is 0.350. The van der Waals surface area contributed by atoms with Crippen molar-refractivity contribution in [3.05, 3.63) is 18.6 Å². The Morgan fingerprint density at radius 1 is 1.42 bits per heavy atom. The van der Waals surface area contributed by atoms with E-state index >= 15 is 0 Å². The van der Waals surface area contributed by atoms with E-state index in [1.165, 1.54) is 18.6 Å². The molecule has 0 atom stereocenters. The number of rotatable bonds is 4. The van der Waals surface area contributed by atoms with Crippen molar-refractivity contribution in [3.8, 4) is 0 Å². The zero-order valence-corrected chi connectivity index (χ0v) is 10.6. The zero-order chi connectivity index (χ0) is 13.7. The van der Waals surface area contributed by atoms with Gasteiger partial charge in [0.15, 0.2) is 5.82 Å². The van der Waals surface area contributed by atoms with E-state index < -0.39 is 6.03 Å². The molecule has 0 aromatic carbocycles. The SMILES string of the molecule is O=C(NCCN1C(=O)CSC1=O)Nc1cnccn1. The Morgan fingerprint density at radius 2 is 2.26 bits per heavy atom. The summed E-state index contributed by atoms with van der Waals surface area (Å²) in [7, 11) is 0. The number of nitrogens with one attached hydrogen (secondary N) is 2. The van der Waals surface area contributed by atoms with Gasteiger partial charge in [0.05, 0.1) is 11.9 Å². The van der Waals surface area contributed by atoms with Gasteiger partial charge in [-0.05, 0) is 0 Å². The fourth-order valence-corrected chi connectivity index (χ4v) is 2.15. The van der Waals surface area contributed by atoms with E-state index in [1.807, 2.05) is 0 Å². The van der Waals surface area contributed by atoms with Crippen molar-refractivity contribution in [3.63, 3.8) is 0 Å². The largest absolute Gasteiger partial charge is 0.336 e. The summed E-state index contributed by atoms with van der Waals surface area (Å²) in [5.41, 5.74) is 0. The normalized spacial score (nSPS) is 14.6. The average Bonchev–Trinajstić information content (AvgIpc) is 2.71. The molecule has 4 amide bonds. The maximum Gasteiger partial charge on any atom is 0.320 e. The molecule has 100 valence electrons. The second-order valence-electron chi connectivity index (χ2n) is 3.57. The van der Waals surface area contributed by atoms with Crippen LogP contribution in [0.5, 0.6) is 0 Å². The summed E-state index contributed by atoms with van der Waals surface area (Å²) < 4.78 is 0. The molecule has 1 aromatic rings. The Hall–Kier alpha value is -2.16. The van der Waals surface area contributed by atoms with Crippen molar-refractivity contribution < 1.29 is 14.4 Å². The minimum absolute atomic E-state index is 0.165. The highest BCUT2D eigenvalue weighted by Crippen LogP contribution is 2.17. The van der Waals surface area contributed by atoms with E-state index in [0.29, 0.717) is 5.82 Å². The van der Waals surface area contributed by atoms with Gasteiger partial charge in [-0.1, -0.05) is 11.8 Å². The monoisotopic (exact) mass is 281 g/mol. The van der Waals surface area contributed by atoms with E-state index in [2.05, 4.69) is 20.6 Å². The summed E-state index contributed by atoms with van der Waals surface area (Å²) in [4.78, 5) is 42.8. The lowest BCUT2D eigenvalue weighted by Crippen LogP contribution is -2.39. The van der Waals surface area contributed by atoms with Gasteiger partial charge in [-0.3, -0.25) is 24.8 Å². The number of anilines is 1. The first-order valence-electron chi connectivity index (χ1n) is 5.45. The molecule has 19 heavy (non-hydrogen) atoms. The first-order chi connectivity index (χ1) is 9.16. The van der Waals surface area contributed by atoms with Crippen molar-refractivity contribution in [2.45, 2.75) is 0 Å². The van der Waals surface area contributed by atoms with Crippen LogP contribution in [0.1, 0.15) is 0 Å². The van der Waals surface area contributed by atoms with E-state index in [9.17, 15) is 14.4 Å². The van der Waals surface area contributed by atoms with Crippen LogP contribution >= 0.6 is 11.8 Å². The fourth-order valence-electron chi connectivity index (χ4n) is 1.40. The predicted molar refractivity (Wildman–Crippen MR) is 68.6 cm³/mol. The lowest BCUT2D eigenvalue weighted by Gasteiger charge is -2.13. The van der Waals surface area contributed by atoms with Crippen molar-refractivity contribution in [1.29, 1.82) is 0 Å². The van der Waals surface area contributed by atoms with Crippen LogP contribution in [-0.2, 0) is 4.79 Å². The van der Waals surface area contributed by atoms with E-state index in [1.54, 1.807) is 0 Å². The highest BCUT2D eigenvalue weighted by atomic mass is 32.2. The molecule has 8 nitrogen and oxygen atoms in total. The molecule has 1 aliphatic rings. The molecule has 0 radical (unpaired) electrons. The van der Waals surface area contributed by atoms with Gasteiger partial charge in [0.1, 0.15) is 0 Å². The van der Waals surface area contributed by atoms with Crippen LogP contribution in [0.3, 0.4) is 0 Å². The van der Waals surface area contributed by atoms with Gasteiger partial charge in [-0.25, -0.2) is 9.78 Å². The molecule has 2 N–H and O–H groups in total. The molecular formula is C10H11N5O3S. The minimum Gasteiger partial charge on any atom is -0.336 e. The van der Waals surface area contributed by atoms with Crippen molar-refractivity contribution in [2.24, 2.45) is 0 Å².